The molecule has 17 heavy (non-hydrogen) atoms. The molecule has 0 atom stereocenters. The molecule has 2 aromatic rings. The first-order valence-corrected chi connectivity index (χ1v) is 4.98. The molecule has 2 aromatic heterocycles. The molecule has 0 unspecified atom stereocenters. The maximum Gasteiger partial charge on any atom is 0.202 e. The van der Waals surface area contributed by atoms with Crippen molar-refractivity contribution >= 4 is 11.6 Å². The van der Waals surface area contributed by atoms with E-state index in [1.165, 1.54) is 19.3 Å². The summed E-state index contributed by atoms with van der Waals surface area (Å²) in [7, 11) is 0. The Kier molecular flexibility index (Phi) is 2.86. The number of rotatable bonds is 4. The van der Waals surface area contributed by atoms with Crippen LogP contribution in [-0.2, 0) is 6.42 Å². The van der Waals surface area contributed by atoms with Gasteiger partial charge < -0.3 is 8.94 Å². The molecule has 0 amide bonds. The Labute approximate surface area is 96.6 Å². The molecule has 0 radical (unpaired) electrons. The second-order valence-corrected chi connectivity index (χ2v) is 3.57. The molecule has 0 N–H and O–H groups in total. The largest absolute Gasteiger partial charge is 0.437 e. The lowest BCUT2D eigenvalue weighted by atomic mass is 10.1. The van der Waals surface area contributed by atoms with Gasteiger partial charge in [-0.3, -0.25) is 9.59 Å². The third-order valence-electron chi connectivity index (χ3n) is 2.26. The first kappa shape index (κ1) is 11.3. The van der Waals surface area contributed by atoms with Crippen molar-refractivity contribution in [2.45, 2.75) is 20.3 Å². The van der Waals surface area contributed by atoms with Crippen molar-refractivity contribution in [3.8, 4) is 0 Å². The average molecular weight is 234 g/mol. The number of hydrogen-bond donors (Lipinski definition) is 0. The molecule has 88 valence electrons. The van der Waals surface area contributed by atoms with Crippen molar-refractivity contribution in [2.75, 3.05) is 0 Å². The van der Waals surface area contributed by atoms with Crippen LogP contribution in [-0.4, -0.2) is 21.7 Å². The van der Waals surface area contributed by atoms with Crippen LogP contribution in [0.25, 0.3) is 0 Å². The van der Waals surface area contributed by atoms with Crippen molar-refractivity contribution in [3.05, 3.63) is 35.4 Å². The van der Waals surface area contributed by atoms with Crippen LogP contribution < -0.4 is 0 Å². The molecule has 0 saturated carbocycles. The van der Waals surface area contributed by atoms with E-state index >= 15 is 0 Å². The predicted molar refractivity (Wildman–Crippen MR) is 55.8 cm³/mol. The number of nitrogens with zero attached hydrogens (tertiary/aromatic N) is 2. The highest BCUT2D eigenvalue weighted by Gasteiger charge is 2.17. The summed E-state index contributed by atoms with van der Waals surface area (Å²) in [6.07, 6.45) is 2.65. The van der Waals surface area contributed by atoms with Gasteiger partial charge in [-0.2, -0.15) is 0 Å². The van der Waals surface area contributed by atoms with Gasteiger partial charge in [0.05, 0.1) is 24.4 Å². The minimum absolute atomic E-state index is 0.0185. The Bertz CT molecular complexity index is 568. The summed E-state index contributed by atoms with van der Waals surface area (Å²) in [6.45, 7) is 3.02. The molecule has 0 fully saturated rings. The SMILES string of the molecule is CC(=O)c1cnc(CC(=O)c2cnoc2C)o1. The van der Waals surface area contributed by atoms with Crippen LogP contribution in [0.4, 0.5) is 0 Å². The Morgan fingerprint density at radius 3 is 2.65 bits per heavy atom. The van der Waals surface area contributed by atoms with Gasteiger partial charge in [-0.1, -0.05) is 5.16 Å². The lowest BCUT2D eigenvalue weighted by Gasteiger charge is -1.94. The highest BCUT2D eigenvalue weighted by Crippen LogP contribution is 2.12. The van der Waals surface area contributed by atoms with Crippen LogP contribution in [0.3, 0.4) is 0 Å². The van der Waals surface area contributed by atoms with Gasteiger partial charge in [0.15, 0.2) is 17.3 Å². The van der Waals surface area contributed by atoms with Gasteiger partial charge in [-0.15, -0.1) is 0 Å². The lowest BCUT2D eigenvalue weighted by Crippen LogP contribution is -2.04. The molecule has 0 aliphatic carbocycles. The quantitative estimate of drug-likeness (QED) is 0.747. The van der Waals surface area contributed by atoms with Crippen LogP contribution in [0.15, 0.2) is 21.3 Å². The summed E-state index contributed by atoms with van der Waals surface area (Å²) < 4.78 is 9.91. The van der Waals surface area contributed by atoms with Gasteiger partial charge in [0.1, 0.15) is 5.76 Å². The molecular weight excluding hydrogens is 224 g/mol. The van der Waals surface area contributed by atoms with Crippen molar-refractivity contribution in [1.82, 2.24) is 10.1 Å². The minimum atomic E-state index is -0.225. The summed E-state index contributed by atoms with van der Waals surface area (Å²) in [5.41, 5.74) is 0.396. The lowest BCUT2D eigenvalue weighted by molar-refractivity contribution is 0.0961. The molecule has 2 heterocycles. The van der Waals surface area contributed by atoms with E-state index < -0.39 is 0 Å². The standard InChI is InChI=1S/C11H10N2O4/c1-6(14)10-5-12-11(16-10)3-9(15)8-4-13-17-7(8)2/h4-5H,3H2,1-2H3. The molecule has 0 bridgehead atoms. The fourth-order valence-electron chi connectivity index (χ4n) is 1.35. The summed E-state index contributed by atoms with van der Waals surface area (Å²) in [5.74, 6) is 0.377. The van der Waals surface area contributed by atoms with E-state index in [1.54, 1.807) is 6.92 Å². The van der Waals surface area contributed by atoms with Crippen molar-refractivity contribution in [2.24, 2.45) is 0 Å². The molecular formula is C11H10N2O4. The smallest absolute Gasteiger partial charge is 0.202 e. The number of hydrogen-bond acceptors (Lipinski definition) is 6. The van der Waals surface area contributed by atoms with E-state index in [4.69, 9.17) is 8.94 Å². The highest BCUT2D eigenvalue weighted by atomic mass is 16.5. The van der Waals surface area contributed by atoms with Crippen molar-refractivity contribution < 1.29 is 18.5 Å². The molecule has 0 aliphatic rings. The van der Waals surface area contributed by atoms with Crippen molar-refractivity contribution in [1.29, 1.82) is 0 Å². The fourth-order valence-corrected chi connectivity index (χ4v) is 1.35. The minimum Gasteiger partial charge on any atom is -0.437 e. The summed E-state index contributed by atoms with van der Waals surface area (Å²) in [6, 6.07) is 0. The van der Waals surface area contributed by atoms with Gasteiger partial charge in [0.2, 0.25) is 5.89 Å². The third-order valence-corrected chi connectivity index (χ3v) is 2.26. The highest BCUT2D eigenvalue weighted by molar-refractivity contribution is 5.97. The van der Waals surface area contributed by atoms with Gasteiger partial charge in [0, 0.05) is 6.92 Å². The maximum atomic E-state index is 11.8. The predicted octanol–water partition coefficient (Wildman–Crippen LogP) is 1.60. The van der Waals surface area contributed by atoms with Crippen LogP contribution in [0.5, 0.6) is 0 Å². The first-order valence-electron chi connectivity index (χ1n) is 4.98. The van der Waals surface area contributed by atoms with Crippen LogP contribution in [0.1, 0.15) is 39.5 Å². The third kappa shape index (κ3) is 2.30. The summed E-state index contributed by atoms with van der Waals surface area (Å²) in [4.78, 5) is 26.6. The van der Waals surface area contributed by atoms with Crippen LogP contribution >= 0.6 is 0 Å². The van der Waals surface area contributed by atoms with E-state index in [1.807, 2.05) is 0 Å². The second-order valence-electron chi connectivity index (χ2n) is 3.57. The van der Waals surface area contributed by atoms with Gasteiger partial charge in [-0.25, -0.2) is 4.98 Å². The summed E-state index contributed by atoms with van der Waals surface area (Å²) >= 11 is 0. The molecule has 2 rings (SSSR count). The number of aryl methyl sites for hydroxylation is 1. The molecule has 0 saturated heterocycles. The molecule has 0 aliphatic heterocycles. The van der Waals surface area contributed by atoms with Crippen molar-refractivity contribution in [3.63, 3.8) is 0 Å². The van der Waals surface area contributed by atoms with E-state index in [0.717, 1.165) is 0 Å². The molecule has 6 heteroatoms. The van der Waals surface area contributed by atoms with E-state index in [0.29, 0.717) is 11.3 Å². The first-order chi connectivity index (χ1) is 8.08. The number of Topliss-reactive ketones (excluding diaryl/α,β-unsaturated/α-hetero) is 2. The van der Waals surface area contributed by atoms with E-state index in [9.17, 15) is 9.59 Å². The number of aromatic nitrogens is 2. The zero-order valence-electron chi connectivity index (χ0n) is 9.39. The fraction of sp³-hybridized carbons (Fsp3) is 0.273. The molecule has 0 spiro atoms. The molecule has 6 nitrogen and oxygen atoms in total. The Morgan fingerprint density at radius 1 is 1.35 bits per heavy atom. The monoisotopic (exact) mass is 234 g/mol. The van der Waals surface area contributed by atoms with Gasteiger partial charge in [-0.05, 0) is 6.92 Å². The topological polar surface area (TPSA) is 86.2 Å². The second kappa shape index (κ2) is 4.32. The van der Waals surface area contributed by atoms with Crippen LogP contribution in [0, 0.1) is 6.92 Å². The average Bonchev–Trinajstić information content (AvgIpc) is 2.86. The van der Waals surface area contributed by atoms with Crippen LogP contribution in [0.2, 0.25) is 0 Å². The molecule has 0 aromatic carbocycles. The Hall–Kier alpha value is -2.24. The van der Waals surface area contributed by atoms with E-state index in [2.05, 4.69) is 10.1 Å². The zero-order valence-corrected chi connectivity index (χ0v) is 9.39. The normalized spacial score (nSPS) is 10.5. The van der Waals surface area contributed by atoms with Gasteiger partial charge in [0.25, 0.3) is 0 Å². The number of oxazole rings is 1. The number of carbonyl (C=O) groups is 2. The summed E-state index contributed by atoms with van der Waals surface area (Å²) in [5, 5.41) is 3.52. The Balaban J connectivity index is 2.13. The number of ketones is 2. The Morgan fingerprint density at radius 2 is 2.12 bits per heavy atom. The maximum absolute atomic E-state index is 11.8. The number of carbonyl (C=O) groups excluding carboxylic acids is 2. The van der Waals surface area contributed by atoms with E-state index in [-0.39, 0.29) is 29.6 Å². The zero-order chi connectivity index (χ0) is 12.4. The van der Waals surface area contributed by atoms with Gasteiger partial charge >= 0.3 is 0 Å².